The number of nitrogens with one attached hydrogen (secondary N) is 2. The molecule has 102 valence electrons. The molecule has 0 aliphatic carbocycles. The molecule has 2 N–H and O–H groups in total. The molecule has 4 nitrogen and oxygen atoms in total. The van der Waals surface area contributed by atoms with E-state index in [1.165, 1.54) is 0 Å². The predicted molar refractivity (Wildman–Crippen MR) is 78.2 cm³/mol. The topological polar surface area (TPSA) is 49.8 Å². The molecule has 18 heavy (non-hydrogen) atoms. The Balaban J connectivity index is 2.90. The molecule has 0 saturated carbocycles. The van der Waals surface area contributed by atoms with E-state index >= 15 is 0 Å². The van der Waals surface area contributed by atoms with Crippen LogP contribution in [-0.2, 0) is 6.42 Å². The molecule has 0 bridgehead atoms. The van der Waals surface area contributed by atoms with Crippen molar-refractivity contribution in [2.24, 2.45) is 0 Å². The average molecular weight is 250 g/mol. The Morgan fingerprint density at radius 1 is 1.11 bits per heavy atom. The summed E-state index contributed by atoms with van der Waals surface area (Å²) < 4.78 is 0. The fourth-order valence-electron chi connectivity index (χ4n) is 2.03. The molecular weight excluding hydrogens is 224 g/mol. The van der Waals surface area contributed by atoms with Gasteiger partial charge in [0, 0.05) is 24.6 Å². The van der Waals surface area contributed by atoms with Crippen molar-refractivity contribution in [3.05, 3.63) is 11.9 Å². The van der Waals surface area contributed by atoms with E-state index in [0.29, 0.717) is 0 Å². The van der Waals surface area contributed by atoms with Crippen molar-refractivity contribution in [3.63, 3.8) is 0 Å². The highest BCUT2D eigenvalue weighted by molar-refractivity contribution is 5.48. The van der Waals surface area contributed by atoms with Crippen molar-refractivity contribution >= 4 is 11.6 Å². The van der Waals surface area contributed by atoms with Crippen molar-refractivity contribution in [1.82, 2.24) is 9.97 Å². The molecule has 4 heteroatoms. The van der Waals surface area contributed by atoms with Crippen LogP contribution in [0.3, 0.4) is 0 Å². The van der Waals surface area contributed by atoms with Crippen LogP contribution in [0, 0.1) is 0 Å². The minimum atomic E-state index is 0.0671. The van der Waals surface area contributed by atoms with Gasteiger partial charge < -0.3 is 10.6 Å². The van der Waals surface area contributed by atoms with Crippen LogP contribution in [0.4, 0.5) is 11.6 Å². The molecule has 0 aromatic carbocycles. The number of hydrogen-bond donors (Lipinski definition) is 2. The highest BCUT2D eigenvalue weighted by Gasteiger charge is 2.17. The Bertz CT molecular complexity index is 374. The standard InChI is InChI=1S/C14H26N4/c1-6-9-14(4,5)18-13-10-12(15-8-3)16-11(7-2)17-13/h10H,6-9H2,1-5H3,(H2,15,16,17,18). The average Bonchev–Trinajstić information content (AvgIpc) is 2.28. The summed E-state index contributed by atoms with van der Waals surface area (Å²) in [6.45, 7) is 11.6. The summed E-state index contributed by atoms with van der Waals surface area (Å²) in [5.74, 6) is 2.69. The van der Waals surface area contributed by atoms with E-state index in [9.17, 15) is 0 Å². The van der Waals surface area contributed by atoms with Crippen molar-refractivity contribution < 1.29 is 0 Å². The molecule has 0 spiro atoms. The molecule has 1 aromatic rings. The van der Waals surface area contributed by atoms with E-state index < -0.39 is 0 Å². The van der Waals surface area contributed by atoms with Crippen molar-refractivity contribution in [2.75, 3.05) is 17.2 Å². The van der Waals surface area contributed by atoms with Gasteiger partial charge in [-0.2, -0.15) is 0 Å². The summed E-state index contributed by atoms with van der Waals surface area (Å²) in [7, 11) is 0. The summed E-state index contributed by atoms with van der Waals surface area (Å²) in [4.78, 5) is 8.99. The van der Waals surface area contributed by atoms with Gasteiger partial charge in [-0.3, -0.25) is 0 Å². The number of aromatic nitrogens is 2. The lowest BCUT2D eigenvalue weighted by Crippen LogP contribution is -2.31. The van der Waals surface area contributed by atoms with E-state index in [1.54, 1.807) is 0 Å². The SMILES string of the molecule is CCCC(C)(C)Nc1cc(NCC)nc(CC)n1. The predicted octanol–water partition coefficient (Wildman–Crippen LogP) is 3.46. The zero-order valence-electron chi connectivity index (χ0n) is 12.3. The third kappa shape index (κ3) is 4.51. The Kier molecular flexibility index (Phi) is 5.38. The Morgan fingerprint density at radius 3 is 2.33 bits per heavy atom. The van der Waals surface area contributed by atoms with E-state index in [2.05, 4.69) is 55.2 Å². The summed E-state index contributed by atoms with van der Waals surface area (Å²) in [5.41, 5.74) is 0.0671. The number of aryl methyl sites for hydroxylation is 1. The molecule has 0 fully saturated rings. The molecule has 0 aliphatic heterocycles. The lowest BCUT2D eigenvalue weighted by atomic mass is 9.99. The van der Waals surface area contributed by atoms with Gasteiger partial charge in [0.1, 0.15) is 17.5 Å². The minimum absolute atomic E-state index is 0.0671. The molecule has 0 amide bonds. The van der Waals surface area contributed by atoms with Gasteiger partial charge in [-0.05, 0) is 27.2 Å². The zero-order valence-corrected chi connectivity index (χ0v) is 12.3. The maximum absolute atomic E-state index is 4.54. The highest BCUT2D eigenvalue weighted by atomic mass is 15.1. The maximum Gasteiger partial charge on any atom is 0.132 e. The fourth-order valence-corrected chi connectivity index (χ4v) is 2.03. The van der Waals surface area contributed by atoms with Crippen LogP contribution in [0.1, 0.15) is 53.3 Å². The molecule has 1 rings (SSSR count). The number of nitrogens with zero attached hydrogens (tertiary/aromatic N) is 2. The van der Waals surface area contributed by atoms with Crippen molar-refractivity contribution in [2.45, 2.75) is 59.4 Å². The smallest absolute Gasteiger partial charge is 0.132 e. The first-order valence-corrected chi connectivity index (χ1v) is 6.90. The second-order valence-electron chi connectivity index (χ2n) is 5.20. The fraction of sp³-hybridized carbons (Fsp3) is 0.714. The summed E-state index contributed by atoms with van der Waals surface area (Å²) in [6.07, 6.45) is 3.13. The first-order valence-electron chi connectivity index (χ1n) is 6.90. The van der Waals surface area contributed by atoms with E-state index in [0.717, 1.165) is 43.3 Å². The van der Waals surface area contributed by atoms with Crippen LogP contribution < -0.4 is 10.6 Å². The molecule has 0 aliphatic rings. The van der Waals surface area contributed by atoms with Gasteiger partial charge in [0.15, 0.2) is 0 Å². The maximum atomic E-state index is 4.54. The van der Waals surface area contributed by atoms with Gasteiger partial charge in [0.05, 0.1) is 0 Å². The quantitative estimate of drug-likeness (QED) is 0.778. The second-order valence-corrected chi connectivity index (χ2v) is 5.20. The Morgan fingerprint density at radius 2 is 1.78 bits per heavy atom. The lowest BCUT2D eigenvalue weighted by Gasteiger charge is -2.26. The molecule has 0 unspecified atom stereocenters. The van der Waals surface area contributed by atoms with Gasteiger partial charge in [-0.15, -0.1) is 0 Å². The third-order valence-corrected chi connectivity index (χ3v) is 2.79. The minimum Gasteiger partial charge on any atom is -0.370 e. The largest absolute Gasteiger partial charge is 0.370 e. The number of anilines is 2. The molecule has 0 saturated heterocycles. The molecule has 0 atom stereocenters. The van der Waals surface area contributed by atoms with E-state index in [1.807, 2.05) is 6.07 Å². The van der Waals surface area contributed by atoms with Crippen molar-refractivity contribution in [1.29, 1.82) is 0 Å². The van der Waals surface area contributed by atoms with Gasteiger partial charge in [-0.1, -0.05) is 20.3 Å². The second kappa shape index (κ2) is 6.57. The van der Waals surface area contributed by atoms with Crippen LogP contribution in [0.5, 0.6) is 0 Å². The van der Waals surface area contributed by atoms with Crippen LogP contribution >= 0.6 is 0 Å². The van der Waals surface area contributed by atoms with E-state index in [4.69, 9.17) is 0 Å². The zero-order chi connectivity index (χ0) is 13.6. The Labute approximate surface area is 111 Å². The highest BCUT2D eigenvalue weighted by Crippen LogP contribution is 2.20. The molecule has 1 heterocycles. The molecular formula is C14H26N4. The molecule has 1 aromatic heterocycles. The lowest BCUT2D eigenvalue weighted by molar-refractivity contribution is 0.508. The number of rotatable bonds is 7. The van der Waals surface area contributed by atoms with Crippen LogP contribution in [0.2, 0.25) is 0 Å². The summed E-state index contributed by atoms with van der Waals surface area (Å²) >= 11 is 0. The first-order chi connectivity index (χ1) is 8.50. The van der Waals surface area contributed by atoms with E-state index in [-0.39, 0.29) is 5.54 Å². The van der Waals surface area contributed by atoms with Crippen LogP contribution in [-0.4, -0.2) is 22.1 Å². The van der Waals surface area contributed by atoms with Crippen LogP contribution in [0.25, 0.3) is 0 Å². The normalized spacial score (nSPS) is 11.4. The first kappa shape index (κ1) is 14.7. The van der Waals surface area contributed by atoms with Crippen LogP contribution in [0.15, 0.2) is 6.07 Å². The van der Waals surface area contributed by atoms with Crippen molar-refractivity contribution in [3.8, 4) is 0 Å². The summed E-state index contributed by atoms with van der Waals surface area (Å²) in [6, 6.07) is 1.99. The summed E-state index contributed by atoms with van der Waals surface area (Å²) in [5, 5.41) is 6.75. The van der Waals surface area contributed by atoms with Gasteiger partial charge in [-0.25, -0.2) is 9.97 Å². The van der Waals surface area contributed by atoms with Gasteiger partial charge in [0.25, 0.3) is 0 Å². The monoisotopic (exact) mass is 250 g/mol. The number of hydrogen-bond acceptors (Lipinski definition) is 4. The Hall–Kier alpha value is -1.32. The van der Waals surface area contributed by atoms with Gasteiger partial charge in [0.2, 0.25) is 0 Å². The molecule has 0 radical (unpaired) electrons. The van der Waals surface area contributed by atoms with Gasteiger partial charge >= 0.3 is 0 Å². The third-order valence-electron chi connectivity index (χ3n) is 2.79.